The van der Waals surface area contributed by atoms with Crippen molar-refractivity contribution in [2.24, 2.45) is 0 Å². The molecule has 0 amide bonds. The molecule has 0 aliphatic carbocycles. The molecule has 0 spiro atoms. The fourth-order valence-electron chi connectivity index (χ4n) is 1.33. The average Bonchev–Trinajstić information content (AvgIpc) is 2.18. The van der Waals surface area contributed by atoms with E-state index in [1.54, 1.807) is 12.3 Å². The second-order valence-corrected chi connectivity index (χ2v) is 2.91. The van der Waals surface area contributed by atoms with Crippen LogP contribution in [0, 0.1) is 0 Å². The van der Waals surface area contributed by atoms with Crippen molar-refractivity contribution in [1.29, 1.82) is 0 Å². The summed E-state index contributed by atoms with van der Waals surface area (Å²) in [6.07, 6.45) is 2.46. The van der Waals surface area contributed by atoms with Gasteiger partial charge in [0, 0.05) is 18.0 Å². The van der Waals surface area contributed by atoms with Crippen LogP contribution in [0.3, 0.4) is 0 Å². The second-order valence-electron chi connectivity index (χ2n) is 2.91. The lowest BCUT2D eigenvalue weighted by molar-refractivity contribution is 1.05. The lowest BCUT2D eigenvalue weighted by atomic mass is 10.2. The van der Waals surface area contributed by atoms with Crippen LogP contribution in [0.4, 0.5) is 0 Å². The summed E-state index contributed by atoms with van der Waals surface area (Å²) >= 11 is 0. The summed E-state index contributed by atoms with van der Waals surface area (Å²) in [6.45, 7) is 2.01. The first-order valence-electron chi connectivity index (χ1n) is 4.28. The molecule has 2 rings (SSSR count). The third kappa shape index (κ3) is 1.33. The second kappa shape index (κ2) is 3.01. The number of fused-ring (bicyclic) bond motifs is 1. The molecule has 2 aromatic heterocycles. The number of nitrogens with zero attached hydrogens (tertiary/aromatic N) is 1. The highest BCUT2D eigenvalue weighted by molar-refractivity contribution is 5.73. The molecule has 0 atom stereocenters. The number of hydrogen-bond acceptors (Lipinski definition) is 2. The Bertz CT molecular complexity index is 487. The fourth-order valence-corrected chi connectivity index (χ4v) is 1.33. The van der Waals surface area contributed by atoms with Crippen LogP contribution in [0.2, 0.25) is 0 Å². The van der Waals surface area contributed by atoms with Crippen molar-refractivity contribution in [1.82, 2.24) is 9.97 Å². The van der Waals surface area contributed by atoms with Gasteiger partial charge in [-0.3, -0.25) is 9.78 Å². The van der Waals surface area contributed by atoms with Crippen molar-refractivity contribution in [3.05, 3.63) is 40.3 Å². The molecule has 0 saturated heterocycles. The third-order valence-electron chi connectivity index (χ3n) is 2.02. The molecule has 0 saturated carbocycles. The Morgan fingerprint density at radius 1 is 1.54 bits per heavy atom. The van der Waals surface area contributed by atoms with E-state index in [4.69, 9.17) is 0 Å². The lowest BCUT2D eigenvalue weighted by Gasteiger charge is -1.99. The maximum atomic E-state index is 11.5. The molecule has 0 aliphatic rings. The Balaban J connectivity index is 2.85. The van der Waals surface area contributed by atoms with Crippen LogP contribution in [0.25, 0.3) is 11.0 Å². The SMILES string of the molecule is CCc1cc(=O)c2ncccc2[nH]1. The van der Waals surface area contributed by atoms with E-state index in [-0.39, 0.29) is 5.43 Å². The largest absolute Gasteiger partial charge is 0.357 e. The minimum Gasteiger partial charge on any atom is -0.357 e. The molecule has 0 aliphatic heterocycles. The molecule has 3 nitrogen and oxygen atoms in total. The average molecular weight is 174 g/mol. The molecule has 2 aromatic rings. The summed E-state index contributed by atoms with van der Waals surface area (Å²) in [5.41, 5.74) is 2.27. The molecule has 0 aromatic carbocycles. The van der Waals surface area contributed by atoms with Crippen LogP contribution in [0.1, 0.15) is 12.6 Å². The van der Waals surface area contributed by atoms with E-state index in [0.717, 1.165) is 17.6 Å². The van der Waals surface area contributed by atoms with E-state index in [1.165, 1.54) is 0 Å². The lowest BCUT2D eigenvalue weighted by Crippen LogP contribution is -2.05. The number of pyridine rings is 2. The quantitative estimate of drug-likeness (QED) is 0.711. The summed E-state index contributed by atoms with van der Waals surface area (Å²) < 4.78 is 0. The van der Waals surface area contributed by atoms with Gasteiger partial charge in [-0.15, -0.1) is 0 Å². The van der Waals surface area contributed by atoms with Gasteiger partial charge in [-0.2, -0.15) is 0 Å². The summed E-state index contributed by atoms with van der Waals surface area (Å²) in [5.74, 6) is 0. The first kappa shape index (κ1) is 7.98. The van der Waals surface area contributed by atoms with Gasteiger partial charge in [0.25, 0.3) is 0 Å². The van der Waals surface area contributed by atoms with Gasteiger partial charge >= 0.3 is 0 Å². The van der Waals surface area contributed by atoms with Crippen LogP contribution in [-0.4, -0.2) is 9.97 Å². The summed E-state index contributed by atoms with van der Waals surface area (Å²) in [5, 5.41) is 0. The summed E-state index contributed by atoms with van der Waals surface area (Å²) in [4.78, 5) is 18.6. The van der Waals surface area contributed by atoms with E-state index in [2.05, 4.69) is 9.97 Å². The van der Waals surface area contributed by atoms with Crippen molar-refractivity contribution >= 4 is 11.0 Å². The number of aromatic amines is 1. The van der Waals surface area contributed by atoms with Crippen LogP contribution in [-0.2, 0) is 6.42 Å². The highest BCUT2D eigenvalue weighted by atomic mass is 16.1. The molecule has 1 N–H and O–H groups in total. The molecule has 0 radical (unpaired) electrons. The van der Waals surface area contributed by atoms with Crippen LogP contribution in [0.5, 0.6) is 0 Å². The molecule has 0 bridgehead atoms. The van der Waals surface area contributed by atoms with Gasteiger partial charge in [0.1, 0.15) is 5.52 Å². The van der Waals surface area contributed by atoms with E-state index in [1.807, 2.05) is 19.1 Å². The predicted molar refractivity (Wildman–Crippen MR) is 51.7 cm³/mol. The minimum absolute atomic E-state index is 0.00815. The first-order valence-corrected chi connectivity index (χ1v) is 4.28. The summed E-state index contributed by atoms with van der Waals surface area (Å²) in [6, 6.07) is 5.29. The molecule has 13 heavy (non-hydrogen) atoms. The van der Waals surface area contributed by atoms with Gasteiger partial charge in [0.2, 0.25) is 5.43 Å². The van der Waals surface area contributed by atoms with Crippen molar-refractivity contribution in [2.75, 3.05) is 0 Å². The number of hydrogen-bond donors (Lipinski definition) is 1. The van der Waals surface area contributed by atoms with Gasteiger partial charge in [-0.05, 0) is 18.6 Å². The van der Waals surface area contributed by atoms with E-state index < -0.39 is 0 Å². The Morgan fingerprint density at radius 3 is 3.15 bits per heavy atom. The monoisotopic (exact) mass is 174 g/mol. The van der Waals surface area contributed by atoms with Gasteiger partial charge in [0.05, 0.1) is 5.52 Å². The van der Waals surface area contributed by atoms with E-state index in [9.17, 15) is 4.79 Å². The van der Waals surface area contributed by atoms with Crippen LogP contribution in [0.15, 0.2) is 29.2 Å². The molecule has 2 heterocycles. The smallest absolute Gasteiger partial charge is 0.208 e. The van der Waals surface area contributed by atoms with E-state index in [0.29, 0.717) is 5.52 Å². The molecular weight excluding hydrogens is 164 g/mol. The van der Waals surface area contributed by atoms with E-state index >= 15 is 0 Å². The standard InChI is InChI=1S/C10H10N2O/c1-2-7-6-9(13)10-8(12-7)4-3-5-11-10/h3-6H,2H2,1H3,(H,12,13). The van der Waals surface area contributed by atoms with Gasteiger partial charge in [-0.25, -0.2) is 0 Å². The third-order valence-corrected chi connectivity index (χ3v) is 2.02. The van der Waals surface area contributed by atoms with Crippen molar-refractivity contribution in [3.8, 4) is 0 Å². The minimum atomic E-state index is -0.00815. The van der Waals surface area contributed by atoms with Crippen molar-refractivity contribution in [3.63, 3.8) is 0 Å². The zero-order chi connectivity index (χ0) is 9.26. The van der Waals surface area contributed by atoms with Crippen LogP contribution < -0.4 is 5.43 Å². The van der Waals surface area contributed by atoms with Gasteiger partial charge in [-0.1, -0.05) is 6.92 Å². The van der Waals surface area contributed by atoms with Gasteiger partial charge < -0.3 is 4.98 Å². The maximum absolute atomic E-state index is 11.5. The topological polar surface area (TPSA) is 45.8 Å². The molecule has 0 fully saturated rings. The summed E-state index contributed by atoms with van der Waals surface area (Å²) in [7, 11) is 0. The van der Waals surface area contributed by atoms with Crippen LogP contribution >= 0.6 is 0 Å². The number of nitrogens with one attached hydrogen (secondary N) is 1. The Labute approximate surface area is 75.4 Å². The Kier molecular flexibility index (Phi) is 1.85. The zero-order valence-electron chi connectivity index (χ0n) is 7.37. The molecule has 0 unspecified atom stereocenters. The predicted octanol–water partition coefficient (Wildman–Crippen LogP) is 1.49. The number of aryl methyl sites for hydroxylation is 1. The maximum Gasteiger partial charge on any atom is 0.208 e. The Morgan fingerprint density at radius 2 is 2.38 bits per heavy atom. The number of H-pyrrole nitrogens is 1. The Hall–Kier alpha value is -1.64. The number of rotatable bonds is 1. The normalized spacial score (nSPS) is 10.5. The highest BCUT2D eigenvalue weighted by Gasteiger charge is 1.99. The van der Waals surface area contributed by atoms with Crippen molar-refractivity contribution in [2.45, 2.75) is 13.3 Å². The molecule has 3 heteroatoms. The van der Waals surface area contributed by atoms with Gasteiger partial charge in [0.15, 0.2) is 0 Å². The fraction of sp³-hybridized carbons (Fsp3) is 0.200. The molecule has 66 valence electrons. The number of aromatic nitrogens is 2. The highest BCUT2D eigenvalue weighted by Crippen LogP contribution is 2.04. The molecular formula is C10H10N2O. The zero-order valence-corrected chi connectivity index (χ0v) is 7.37. The first-order chi connectivity index (χ1) is 6.31. The van der Waals surface area contributed by atoms with Crippen molar-refractivity contribution < 1.29 is 0 Å².